The Kier molecular flexibility index (Phi) is 5.01. The molecule has 19 heavy (non-hydrogen) atoms. The van der Waals surface area contributed by atoms with Gasteiger partial charge in [0, 0.05) is 5.56 Å². The van der Waals surface area contributed by atoms with E-state index in [0.717, 1.165) is 12.1 Å². The van der Waals surface area contributed by atoms with Gasteiger partial charge in [-0.15, -0.1) is 6.42 Å². The number of amides is 1. The molecule has 4 nitrogen and oxygen atoms in total. The molecule has 0 saturated heterocycles. The minimum atomic E-state index is -1.13. The molecule has 0 bridgehead atoms. The number of benzene rings is 1. The van der Waals surface area contributed by atoms with Crippen molar-refractivity contribution in [1.29, 1.82) is 0 Å². The molecule has 1 unspecified atom stereocenters. The Hall–Kier alpha value is -2.42. The zero-order chi connectivity index (χ0) is 14.4. The fraction of sp³-hybridized carbons (Fsp3) is 0.231. The maximum Gasteiger partial charge on any atom is 0.261 e. The molecule has 100 valence electrons. The molecule has 1 aromatic carbocycles. The summed E-state index contributed by atoms with van der Waals surface area (Å²) >= 11 is 0. The summed E-state index contributed by atoms with van der Waals surface area (Å²) in [6, 6.07) is 1.63. The standard InChI is InChI=1S/C13H11F2NO3/c1-3-4-16-13(18)8(2)19-12-10(14)5-9(7-17)6-11(12)15/h1,5-8H,4H2,2H3,(H,16,18). The van der Waals surface area contributed by atoms with Crippen molar-refractivity contribution < 1.29 is 23.1 Å². The van der Waals surface area contributed by atoms with Crippen molar-refractivity contribution in [3.05, 3.63) is 29.3 Å². The Morgan fingerprint density at radius 2 is 2.11 bits per heavy atom. The first-order valence-electron chi connectivity index (χ1n) is 5.31. The van der Waals surface area contributed by atoms with E-state index in [0.29, 0.717) is 6.29 Å². The molecule has 1 aromatic rings. The minimum absolute atomic E-state index is 0.0123. The van der Waals surface area contributed by atoms with Crippen molar-refractivity contribution in [2.75, 3.05) is 6.54 Å². The SMILES string of the molecule is C#CCNC(=O)C(C)Oc1c(F)cc(C=O)cc1F. The van der Waals surface area contributed by atoms with Gasteiger partial charge >= 0.3 is 0 Å². The molecule has 1 amide bonds. The number of ether oxygens (including phenoxy) is 1. The summed E-state index contributed by atoms with van der Waals surface area (Å²) in [7, 11) is 0. The molecule has 1 atom stereocenters. The van der Waals surface area contributed by atoms with Gasteiger partial charge in [0.05, 0.1) is 6.54 Å². The number of carbonyl (C=O) groups excluding carboxylic acids is 2. The molecular formula is C13H11F2NO3. The fourth-order valence-corrected chi connectivity index (χ4v) is 1.27. The Balaban J connectivity index is 2.85. The van der Waals surface area contributed by atoms with Gasteiger partial charge in [0.25, 0.3) is 5.91 Å². The molecule has 0 saturated carbocycles. The van der Waals surface area contributed by atoms with Crippen LogP contribution in [0.1, 0.15) is 17.3 Å². The number of hydrogen-bond donors (Lipinski definition) is 1. The Labute approximate surface area is 108 Å². The lowest BCUT2D eigenvalue weighted by Crippen LogP contribution is -2.36. The van der Waals surface area contributed by atoms with Crippen LogP contribution in [0.5, 0.6) is 5.75 Å². The lowest BCUT2D eigenvalue weighted by atomic mass is 10.2. The van der Waals surface area contributed by atoms with Gasteiger partial charge < -0.3 is 10.1 Å². The Morgan fingerprint density at radius 3 is 2.58 bits per heavy atom. The summed E-state index contributed by atoms with van der Waals surface area (Å²) in [5.41, 5.74) is -0.160. The van der Waals surface area contributed by atoms with Crippen LogP contribution in [0.4, 0.5) is 8.78 Å². The average Bonchev–Trinajstić information content (AvgIpc) is 2.39. The van der Waals surface area contributed by atoms with E-state index in [-0.39, 0.29) is 12.1 Å². The smallest absolute Gasteiger partial charge is 0.261 e. The lowest BCUT2D eigenvalue weighted by molar-refractivity contribution is -0.127. The van der Waals surface area contributed by atoms with Crippen molar-refractivity contribution in [3.63, 3.8) is 0 Å². The van der Waals surface area contributed by atoms with Crippen LogP contribution in [0.2, 0.25) is 0 Å². The summed E-state index contributed by atoms with van der Waals surface area (Å²) in [5, 5.41) is 2.31. The van der Waals surface area contributed by atoms with Crippen LogP contribution in [-0.2, 0) is 4.79 Å². The van der Waals surface area contributed by atoms with Gasteiger partial charge in [-0.2, -0.15) is 0 Å². The predicted octanol–water partition coefficient (Wildman–Crippen LogP) is 1.29. The first-order valence-corrected chi connectivity index (χ1v) is 5.31. The van der Waals surface area contributed by atoms with E-state index < -0.39 is 29.4 Å². The van der Waals surface area contributed by atoms with Crippen molar-refractivity contribution in [2.24, 2.45) is 0 Å². The molecule has 1 rings (SSSR count). The third kappa shape index (κ3) is 3.78. The summed E-state index contributed by atoms with van der Waals surface area (Å²) in [4.78, 5) is 21.8. The zero-order valence-electron chi connectivity index (χ0n) is 10.1. The molecule has 0 spiro atoms. The maximum atomic E-state index is 13.5. The number of halogens is 2. The molecule has 0 aliphatic rings. The van der Waals surface area contributed by atoms with Crippen molar-refractivity contribution >= 4 is 12.2 Å². The largest absolute Gasteiger partial charge is 0.475 e. The van der Waals surface area contributed by atoms with Crippen LogP contribution in [0.15, 0.2) is 12.1 Å². The fourth-order valence-electron chi connectivity index (χ4n) is 1.27. The normalized spacial score (nSPS) is 11.3. The third-order valence-corrected chi connectivity index (χ3v) is 2.19. The number of terminal acetylenes is 1. The van der Waals surface area contributed by atoms with E-state index >= 15 is 0 Å². The summed E-state index contributed by atoms with van der Waals surface area (Å²) in [6.07, 6.45) is 4.13. The topological polar surface area (TPSA) is 55.4 Å². The van der Waals surface area contributed by atoms with Gasteiger partial charge in [0.2, 0.25) is 0 Å². The molecule has 0 aromatic heterocycles. The number of nitrogens with one attached hydrogen (secondary N) is 1. The highest BCUT2D eigenvalue weighted by molar-refractivity contribution is 5.81. The van der Waals surface area contributed by atoms with Gasteiger partial charge in [-0.1, -0.05) is 5.92 Å². The van der Waals surface area contributed by atoms with Crippen LogP contribution in [-0.4, -0.2) is 24.8 Å². The molecule has 0 heterocycles. The van der Waals surface area contributed by atoms with Crippen molar-refractivity contribution in [1.82, 2.24) is 5.32 Å². The van der Waals surface area contributed by atoms with Gasteiger partial charge in [0.1, 0.15) is 6.29 Å². The van der Waals surface area contributed by atoms with Gasteiger partial charge in [-0.05, 0) is 19.1 Å². The summed E-state index contributed by atoms with van der Waals surface area (Å²) < 4.78 is 31.9. The van der Waals surface area contributed by atoms with Crippen LogP contribution in [0.3, 0.4) is 0 Å². The highest BCUT2D eigenvalue weighted by Crippen LogP contribution is 2.23. The average molecular weight is 267 g/mol. The first-order chi connectivity index (χ1) is 8.99. The number of aldehydes is 1. The number of hydrogen-bond acceptors (Lipinski definition) is 3. The molecule has 0 radical (unpaired) electrons. The Morgan fingerprint density at radius 1 is 1.53 bits per heavy atom. The molecule has 6 heteroatoms. The molecule has 0 aliphatic heterocycles. The van der Waals surface area contributed by atoms with Crippen LogP contribution < -0.4 is 10.1 Å². The van der Waals surface area contributed by atoms with E-state index in [1.165, 1.54) is 6.92 Å². The van der Waals surface area contributed by atoms with E-state index in [9.17, 15) is 18.4 Å². The molecule has 1 N–H and O–H groups in total. The monoisotopic (exact) mass is 267 g/mol. The first kappa shape index (κ1) is 14.6. The molecule has 0 fully saturated rings. The number of rotatable bonds is 5. The third-order valence-electron chi connectivity index (χ3n) is 2.19. The quantitative estimate of drug-likeness (QED) is 0.646. The highest BCUT2D eigenvalue weighted by Gasteiger charge is 2.19. The van der Waals surface area contributed by atoms with Gasteiger partial charge in [-0.3, -0.25) is 9.59 Å². The minimum Gasteiger partial charge on any atom is -0.475 e. The van der Waals surface area contributed by atoms with E-state index in [2.05, 4.69) is 11.2 Å². The maximum absolute atomic E-state index is 13.5. The second-order valence-corrected chi connectivity index (χ2v) is 3.61. The zero-order valence-corrected chi connectivity index (χ0v) is 10.1. The predicted molar refractivity (Wildman–Crippen MR) is 63.7 cm³/mol. The second kappa shape index (κ2) is 6.50. The second-order valence-electron chi connectivity index (χ2n) is 3.61. The van der Waals surface area contributed by atoms with E-state index in [4.69, 9.17) is 11.2 Å². The van der Waals surface area contributed by atoms with Crippen LogP contribution in [0, 0.1) is 24.0 Å². The van der Waals surface area contributed by atoms with Crippen molar-refractivity contribution in [2.45, 2.75) is 13.0 Å². The van der Waals surface area contributed by atoms with Gasteiger partial charge in [0.15, 0.2) is 23.5 Å². The van der Waals surface area contributed by atoms with Gasteiger partial charge in [-0.25, -0.2) is 8.78 Å². The number of carbonyl (C=O) groups is 2. The highest BCUT2D eigenvalue weighted by atomic mass is 19.1. The molecular weight excluding hydrogens is 256 g/mol. The van der Waals surface area contributed by atoms with E-state index in [1.54, 1.807) is 0 Å². The lowest BCUT2D eigenvalue weighted by Gasteiger charge is -2.15. The molecule has 0 aliphatic carbocycles. The Bertz CT molecular complexity index is 514. The van der Waals surface area contributed by atoms with Crippen molar-refractivity contribution in [3.8, 4) is 18.1 Å². The van der Waals surface area contributed by atoms with E-state index in [1.807, 2.05) is 0 Å². The summed E-state index contributed by atoms with van der Waals surface area (Å²) in [5.74, 6) is -1.25. The summed E-state index contributed by atoms with van der Waals surface area (Å²) in [6.45, 7) is 1.31. The van der Waals surface area contributed by atoms with Crippen LogP contribution in [0.25, 0.3) is 0 Å². The van der Waals surface area contributed by atoms with Crippen LogP contribution >= 0.6 is 0 Å².